The molecule has 2 aromatic rings. The summed E-state index contributed by atoms with van der Waals surface area (Å²) in [4.78, 5) is 27.6. The van der Waals surface area contributed by atoms with Crippen LogP contribution in [0.5, 0.6) is 0 Å². The number of carbonyl (C=O) groups excluding carboxylic acids is 2. The summed E-state index contributed by atoms with van der Waals surface area (Å²) in [6.07, 6.45) is 5.27. The van der Waals surface area contributed by atoms with E-state index in [9.17, 15) is 9.59 Å². The van der Waals surface area contributed by atoms with Crippen molar-refractivity contribution >= 4 is 17.5 Å². The normalized spacial score (nSPS) is 14.2. The molecule has 0 unspecified atom stereocenters. The molecule has 20 heavy (non-hydrogen) atoms. The molecule has 1 aliphatic carbocycles. The van der Waals surface area contributed by atoms with Gasteiger partial charge < -0.3 is 10.1 Å². The van der Waals surface area contributed by atoms with E-state index in [-0.39, 0.29) is 18.6 Å². The number of hydrogen-bond donors (Lipinski definition) is 1. The second-order valence-electron chi connectivity index (χ2n) is 4.77. The third kappa shape index (κ3) is 2.47. The number of nitrogens with zero attached hydrogens (tertiary/aromatic N) is 3. The topological polar surface area (TPSA) is 85.6 Å². The van der Waals surface area contributed by atoms with E-state index < -0.39 is 5.97 Å². The van der Waals surface area contributed by atoms with Gasteiger partial charge in [0.05, 0.1) is 5.69 Å². The zero-order valence-corrected chi connectivity index (χ0v) is 11.0. The quantitative estimate of drug-likeness (QED) is 0.819. The molecule has 0 bridgehead atoms. The number of nitrogens with one attached hydrogen (secondary N) is 1. The van der Waals surface area contributed by atoms with E-state index in [1.165, 1.54) is 4.52 Å². The van der Waals surface area contributed by atoms with E-state index in [4.69, 9.17) is 4.74 Å². The number of amides is 1. The van der Waals surface area contributed by atoms with Crippen molar-refractivity contribution in [3.63, 3.8) is 0 Å². The molecule has 104 valence electrons. The predicted molar refractivity (Wildman–Crippen MR) is 69.2 cm³/mol. The molecule has 0 spiro atoms. The monoisotopic (exact) mass is 274 g/mol. The zero-order valence-electron chi connectivity index (χ0n) is 11.0. The first-order chi connectivity index (χ1) is 9.65. The number of fused-ring (bicyclic) bond motifs is 1. The predicted octanol–water partition coefficient (Wildman–Crippen LogP) is 0.473. The summed E-state index contributed by atoms with van der Waals surface area (Å²) >= 11 is 0. The van der Waals surface area contributed by atoms with Crippen molar-refractivity contribution < 1.29 is 14.3 Å². The van der Waals surface area contributed by atoms with Crippen molar-refractivity contribution in [3.05, 3.63) is 29.7 Å². The van der Waals surface area contributed by atoms with Crippen molar-refractivity contribution in [1.29, 1.82) is 0 Å². The van der Waals surface area contributed by atoms with Gasteiger partial charge in [0.1, 0.15) is 5.56 Å². The fourth-order valence-corrected chi connectivity index (χ4v) is 1.94. The summed E-state index contributed by atoms with van der Waals surface area (Å²) < 4.78 is 6.53. The van der Waals surface area contributed by atoms with Gasteiger partial charge in [-0.2, -0.15) is 5.10 Å². The lowest BCUT2D eigenvalue weighted by Crippen LogP contribution is -2.30. The maximum Gasteiger partial charge on any atom is 0.344 e. The van der Waals surface area contributed by atoms with Crippen LogP contribution in [0.2, 0.25) is 0 Å². The summed E-state index contributed by atoms with van der Waals surface area (Å²) in [5.41, 5.74) is 1.25. The molecular formula is C13H14N4O3. The highest BCUT2D eigenvalue weighted by Crippen LogP contribution is 2.18. The fraction of sp³-hybridized carbons (Fsp3) is 0.385. The molecule has 3 rings (SSSR count). The number of aryl methyl sites for hydroxylation is 1. The molecule has 7 nitrogen and oxygen atoms in total. The van der Waals surface area contributed by atoms with Gasteiger partial charge in [0, 0.05) is 18.4 Å². The van der Waals surface area contributed by atoms with E-state index in [0.717, 1.165) is 12.8 Å². The van der Waals surface area contributed by atoms with Gasteiger partial charge in [0.15, 0.2) is 12.3 Å². The minimum absolute atomic E-state index is 0.251. The van der Waals surface area contributed by atoms with Crippen LogP contribution < -0.4 is 5.32 Å². The molecule has 0 aromatic carbocycles. The van der Waals surface area contributed by atoms with Crippen LogP contribution >= 0.6 is 0 Å². The molecule has 7 heteroatoms. The molecule has 1 N–H and O–H groups in total. The van der Waals surface area contributed by atoms with Crippen molar-refractivity contribution in [2.24, 2.45) is 0 Å². The average Bonchev–Trinajstić information content (AvgIpc) is 3.16. The van der Waals surface area contributed by atoms with Gasteiger partial charge in [-0.05, 0) is 25.8 Å². The van der Waals surface area contributed by atoms with Gasteiger partial charge in [-0.15, -0.1) is 0 Å². The molecule has 2 aromatic heterocycles. The van der Waals surface area contributed by atoms with Crippen molar-refractivity contribution in [2.75, 3.05) is 6.61 Å². The Kier molecular flexibility index (Phi) is 3.09. The maximum atomic E-state index is 12.1. The van der Waals surface area contributed by atoms with Gasteiger partial charge in [-0.25, -0.2) is 14.3 Å². The molecule has 1 fully saturated rings. The number of aromatic nitrogens is 3. The first-order valence-electron chi connectivity index (χ1n) is 6.41. The van der Waals surface area contributed by atoms with Crippen molar-refractivity contribution in [1.82, 2.24) is 19.9 Å². The average molecular weight is 274 g/mol. The summed E-state index contributed by atoms with van der Waals surface area (Å²) in [5.74, 6) is -0.856. The SMILES string of the molecule is Cc1nn2cccnc2c1C(=O)OCC(=O)NC1CC1. The number of esters is 1. The Morgan fingerprint density at radius 1 is 1.50 bits per heavy atom. The highest BCUT2D eigenvalue weighted by Gasteiger charge is 2.25. The smallest absolute Gasteiger partial charge is 0.344 e. The summed E-state index contributed by atoms with van der Waals surface area (Å²) in [6.45, 7) is 1.43. The lowest BCUT2D eigenvalue weighted by Gasteiger charge is -2.04. The second kappa shape index (κ2) is 4.92. The first-order valence-corrected chi connectivity index (χ1v) is 6.41. The molecule has 0 aliphatic heterocycles. The van der Waals surface area contributed by atoms with Gasteiger partial charge in [-0.1, -0.05) is 0 Å². The van der Waals surface area contributed by atoms with E-state index in [1.807, 2.05) is 0 Å². The number of carbonyl (C=O) groups is 2. The minimum atomic E-state index is -0.581. The number of rotatable bonds is 4. The molecule has 0 saturated heterocycles. The van der Waals surface area contributed by atoms with Crippen LogP contribution in [-0.2, 0) is 9.53 Å². The fourth-order valence-electron chi connectivity index (χ4n) is 1.94. The maximum absolute atomic E-state index is 12.1. The van der Waals surface area contributed by atoms with Gasteiger partial charge in [-0.3, -0.25) is 4.79 Å². The van der Waals surface area contributed by atoms with Gasteiger partial charge in [0.2, 0.25) is 0 Å². The first kappa shape index (κ1) is 12.6. The number of hydrogen-bond acceptors (Lipinski definition) is 5. The second-order valence-corrected chi connectivity index (χ2v) is 4.77. The summed E-state index contributed by atoms with van der Waals surface area (Å²) in [6, 6.07) is 1.97. The molecule has 1 aliphatic rings. The highest BCUT2D eigenvalue weighted by molar-refractivity contribution is 5.98. The van der Waals surface area contributed by atoms with Crippen molar-refractivity contribution in [2.45, 2.75) is 25.8 Å². The van der Waals surface area contributed by atoms with Crippen LogP contribution in [0.25, 0.3) is 5.65 Å². The van der Waals surface area contributed by atoms with Crippen molar-refractivity contribution in [3.8, 4) is 0 Å². The third-order valence-electron chi connectivity index (χ3n) is 3.05. The molecule has 1 amide bonds. The Morgan fingerprint density at radius 2 is 2.30 bits per heavy atom. The van der Waals surface area contributed by atoms with Crippen LogP contribution in [0, 0.1) is 6.92 Å². The lowest BCUT2D eigenvalue weighted by atomic mass is 10.2. The molecule has 0 atom stereocenters. The van der Waals surface area contributed by atoms with E-state index in [2.05, 4.69) is 15.4 Å². The molecule has 0 radical (unpaired) electrons. The Bertz CT molecular complexity index is 675. The Hall–Kier alpha value is -2.44. The molecule has 2 heterocycles. The summed E-state index contributed by atoms with van der Waals surface area (Å²) in [7, 11) is 0. The van der Waals surface area contributed by atoms with Crippen LogP contribution in [0.4, 0.5) is 0 Å². The van der Waals surface area contributed by atoms with Crippen LogP contribution in [0.3, 0.4) is 0 Å². The zero-order chi connectivity index (χ0) is 14.1. The van der Waals surface area contributed by atoms with Gasteiger partial charge >= 0.3 is 5.97 Å². The van der Waals surface area contributed by atoms with Crippen LogP contribution in [0.1, 0.15) is 28.9 Å². The Labute approximate surface area is 114 Å². The Balaban J connectivity index is 1.71. The van der Waals surface area contributed by atoms with Crippen LogP contribution in [0.15, 0.2) is 18.5 Å². The third-order valence-corrected chi connectivity index (χ3v) is 3.05. The van der Waals surface area contributed by atoms with E-state index in [0.29, 0.717) is 16.9 Å². The van der Waals surface area contributed by atoms with Gasteiger partial charge in [0.25, 0.3) is 5.91 Å². The van der Waals surface area contributed by atoms with Crippen LogP contribution in [-0.4, -0.2) is 39.1 Å². The minimum Gasteiger partial charge on any atom is -0.452 e. The molecular weight excluding hydrogens is 260 g/mol. The number of ether oxygens (including phenoxy) is 1. The highest BCUT2D eigenvalue weighted by atomic mass is 16.5. The van der Waals surface area contributed by atoms with E-state index >= 15 is 0 Å². The Morgan fingerprint density at radius 3 is 3.05 bits per heavy atom. The standard InChI is InChI=1S/C13H14N4O3/c1-8-11(12-14-5-2-6-17(12)16-8)13(19)20-7-10(18)15-9-3-4-9/h2,5-6,9H,3-4,7H2,1H3,(H,15,18). The lowest BCUT2D eigenvalue weighted by molar-refractivity contribution is -0.124. The van der Waals surface area contributed by atoms with E-state index in [1.54, 1.807) is 25.4 Å². The molecule has 1 saturated carbocycles. The largest absolute Gasteiger partial charge is 0.452 e. The summed E-state index contributed by atoms with van der Waals surface area (Å²) in [5, 5.41) is 6.93.